The Balaban J connectivity index is 1.92. The summed E-state index contributed by atoms with van der Waals surface area (Å²) in [5, 5.41) is 23.5. The number of aromatic carboxylic acids is 1. The molecule has 1 aromatic heterocycles. The summed E-state index contributed by atoms with van der Waals surface area (Å²) in [6.45, 7) is 6.66. The number of nitrogens with zero attached hydrogens (tertiary/aromatic N) is 2. The molecule has 0 aromatic carbocycles. The van der Waals surface area contributed by atoms with Crippen molar-refractivity contribution in [2.24, 2.45) is 5.92 Å². The molecular formula is C16H23N3O3. The lowest BCUT2D eigenvalue weighted by atomic mass is 9.76. The number of carboxylic acid groups (broad SMARTS) is 1. The van der Waals surface area contributed by atoms with Crippen LogP contribution >= 0.6 is 0 Å². The fourth-order valence-electron chi connectivity index (χ4n) is 3.51. The van der Waals surface area contributed by atoms with Crippen molar-refractivity contribution in [2.45, 2.75) is 32.3 Å². The van der Waals surface area contributed by atoms with Gasteiger partial charge in [-0.1, -0.05) is 0 Å². The Morgan fingerprint density at radius 1 is 1.45 bits per heavy atom. The number of hydrogen-bond donors (Lipinski definition) is 3. The van der Waals surface area contributed by atoms with Gasteiger partial charge in [-0.2, -0.15) is 0 Å². The molecule has 0 amide bonds. The Morgan fingerprint density at radius 3 is 2.95 bits per heavy atom. The van der Waals surface area contributed by atoms with Gasteiger partial charge < -0.3 is 20.4 Å². The number of pyridine rings is 1. The molecule has 2 fully saturated rings. The second-order valence-corrected chi connectivity index (χ2v) is 6.52. The highest BCUT2D eigenvalue weighted by Gasteiger charge is 2.43. The SMILES string of the molecule is Cc1cc(C(=O)O)c(N2CC[C@@]3(O)CCNC[C@H]3C2)nc1C. The van der Waals surface area contributed by atoms with Gasteiger partial charge >= 0.3 is 5.97 Å². The fraction of sp³-hybridized carbons (Fsp3) is 0.625. The van der Waals surface area contributed by atoms with Crippen molar-refractivity contribution in [2.75, 3.05) is 31.1 Å². The lowest BCUT2D eigenvalue weighted by Crippen LogP contribution is -2.59. The van der Waals surface area contributed by atoms with Gasteiger partial charge in [-0.15, -0.1) is 0 Å². The van der Waals surface area contributed by atoms with Gasteiger partial charge in [0, 0.05) is 31.2 Å². The molecule has 6 heteroatoms. The van der Waals surface area contributed by atoms with Crippen LogP contribution < -0.4 is 10.2 Å². The third-order valence-corrected chi connectivity index (χ3v) is 5.12. The van der Waals surface area contributed by atoms with Gasteiger partial charge in [0.1, 0.15) is 11.4 Å². The van der Waals surface area contributed by atoms with E-state index in [2.05, 4.69) is 10.3 Å². The van der Waals surface area contributed by atoms with Crippen molar-refractivity contribution >= 4 is 11.8 Å². The largest absolute Gasteiger partial charge is 0.478 e. The molecule has 2 aliphatic rings. The molecule has 2 saturated heterocycles. The van der Waals surface area contributed by atoms with Crippen molar-refractivity contribution in [3.63, 3.8) is 0 Å². The van der Waals surface area contributed by atoms with Crippen LogP contribution in [-0.2, 0) is 0 Å². The first-order valence-corrected chi connectivity index (χ1v) is 7.80. The number of fused-ring (bicyclic) bond motifs is 1. The Kier molecular flexibility index (Phi) is 3.82. The molecule has 2 atom stereocenters. The smallest absolute Gasteiger partial charge is 0.339 e. The third-order valence-electron chi connectivity index (χ3n) is 5.12. The summed E-state index contributed by atoms with van der Waals surface area (Å²) < 4.78 is 0. The maximum atomic E-state index is 11.5. The second kappa shape index (κ2) is 5.52. The van der Waals surface area contributed by atoms with E-state index in [9.17, 15) is 15.0 Å². The summed E-state index contributed by atoms with van der Waals surface area (Å²) in [6, 6.07) is 1.69. The molecule has 1 aromatic rings. The van der Waals surface area contributed by atoms with E-state index in [0.29, 0.717) is 25.3 Å². The van der Waals surface area contributed by atoms with Crippen molar-refractivity contribution in [3.8, 4) is 0 Å². The minimum atomic E-state index is -0.951. The standard InChI is InChI=1S/C16H23N3O3/c1-10-7-13(15(20)21)14(18-11(10)2)19-6-4-16(22)3-5-17-8-12(16)9-19/h7,12,17,22H,3-6,8-9H2,1-2H3,(H,20,21)/t12-,16-/m0/s1. The van der Waals surface area contributed by atoms with Crippen LogP contribution in [0.15, 0.2) is 6.07 Å². The van der Waals surface area contributed by atoms with Crippen LogP contribution in [-0.4, -0.2) is 52.9 Å². The first kappa shape index (κ1) is 15.2. The minimum Gasteiger partial charge on any atom is -0.478 e. The van der Waals surface area contributed by atoms with E-state index in [1.165, 1.54) is 0 Å². The summed E-state index contributed by atoms with van der Waals surface area (Å²) in [4.78, 5) is 18.1. The molecule has 120 valence electrons. The summed E-state index contributed by atoms with van der Waals surface area (Å²) in [5.41, 5.74) is 1.36. The number of rotatable bonds is 2. The van der Waals surface area contributed by atoms with E-state index >= 15 is 0 Å². The number of aliphatic hydroxyl groups is 1. The summed E-state index contributed by atoms with van der Waals surface area (Å²) in [7, 11) is 0. The van der Waals surface area contributed by atoms with Gasteiger partial charge in [0.15, 0.2) is 0 Å². The summed E-state index contributed by atoms with van der Waals surface area (Å²) in [5.74, 6) is -0.309. The van der Waals surface area contributed by atoms with E-state index in [4.69, 9.17) is 0 Å². The minimum absolute atomic E-state index is 0.111. The molecule has 0 spiro atoms. The third kappa shape index (κ3) is 2.57. The Morgan fingerprint density at radius 2 is 2.23 bits per heavy atom. The van der Waals surface area contributed by atoms with Crippen LogP contribution in [0.1, 0.15) is 34.5 Å². The van der Waals surface area contributed by atoms with Gasteiger partial charge in [-0.25, -0.2) is 9.78 Å². The molecule has 3 N–H and O–H groups in total. The number of aromatic nitrogens is 1. The van der Waals surface area contributed by atoms with E-state index in [1.807, 2.05) is 18.7 Å². The molecule has 0 bridgehead atoms. The van der Waals surface area contributed by atoms with E-state index in [-0.39, 0.29) is 11.5 Å². The monoisotopic (exact) mass is 305 g/mol. The van der Waals surface area contributed by atoms with Crippen LogP contribution in [0.4, 0.5) is 5.82 Å². The van der Waals surface area contributed by atoms with Gasteiger partial charge in [0.05, 0.1) is 5.60 Å². The fourth-order valence-corrected chi connectivity index (χ4v) is 3.51. The number of carbonyl (C=O) groups is 1. The van der Waals surface area contributed by atoms with E-state index in [1.54, 1.807) is 6.07 Å². The lowest BCUT2D eigenvalue weighted by molar-refractivity contribution is -0.0539. The van der Waals surface area contributed by atoms with Crippen molar-refractivity contribution < 1.29 is 15.0 Å². The molecule has 0 aliphatic carbocycles. The average Bonchev–Trinajstić information content (AvgIpc) is 2.48. The molecule has 3 heterocycles. The number of piperidine rings is 2. The maximum Gasteiger partial charge on any atom is 0.339 e. The zero-order valence-corrected chi connectivity index (χ0v) is 13.1. The summed E-state index contributed by atoms with van der Waals surface area (Å²) in [6.07, 6.45) is 1.42. The Bertz CT molecular complexity index is 605. The highest BCUT2D eigenvalue weighted by molar-refractivity contribution is 5.93. The van der Waals surface area contributed by atoms with Crippen molar-refractivity contribution in [3.05, 3.63) is 22.9 Å². The van der Waals surface area contributed by atoms with Gasteiger partial charge in [-0.3, -0.25) is 0 Å². The lowest BCUT2D eigenvalue weighted by Gasteiger charge is -2.48. The van der Waals surface area contributed by atoms with Crippen LogP contribution in [0, 0.1) is 19.8 Å². The van der Waals surface area contributed by atoms with Gasteiger partial charge in [-0.05, 0) is 44.9 Å². The number of nitrogens with one attached hydrogen (secondary N) is 1. The van der Waals surface area contributed by atoms with Crippen molar-refractivity contribution in [1.29, 1.82) is 0 Å². The normalized spacial score (nSPS) is 28.3. The van der Waals surface area contributed by atoms with Crippen molar-refractivity contribution in [1.82, 2.24) is 10.3 Å². The molecule has 2 aliphatic heterocycles. The van der Waals surface area contributed by atoms with Crippen LogP contribution in [0.25, 0.3) is 0 Å². The number of anilines is 1. The van der Waals surface area contributed by atoms with Crippen LogP contribution in [0.2, 0.25) is 0 Å². The molecule has 3 rings (SSSR count). The Labute approximate surface area is 130 Å². The molecule has 22 heavy (non-hydrogen) atoms. The van der Waals surface area contributed by atoms with E-state index in [0.717, 1.165) is 30.8 Å². The second-order valence-electron chi connectivity index (χ2n) is 6.52. The highest BCUT2D eigenvalue weighted by Crippen LogP contribution is 2.35. The quantitative estimate of drug-likeness (QED) is 0.754. The topological polar surface area (TPSA) is 85.7 Å². The highest BCUT2D eigenvalue weighted by atomic mass is 16.4. The zero-order valence-electron chi connectivity index (χ0n) is 13.1. The summed E-state index contributed by atoms with van der Waals surface area (Å²) >= 11 is 0. The molecule has 6 nitrogen and oxygen atoms in total. The number of aryl methyl sites for hydroxylation is 2. The average molecular weight is 305 g/mol. The number of carboxylic acids is 1. The van der Waals surface area contributed by atoms with Crippen LogP contribution in [0.3, 0.4) is 0 Å². The van der Waals surface area contributed by atoms with Crippen LogP contribution in [0.5, 0.6) is 0 Å². The Hall–Kier alpha value is -1.66. The molecule has 0 unspecified atom stereocenters. The van der Waals surface area contributed by atoms with Gasteiger partial charge in [0.2, 0.25) is 0 Å². The predicted molar refractivity (Wildman–Crippen MR) is 83.4 cm³/mol. The molecule has 0 saturated carbocycles. The molecule has 0 radical (unpaired) electrons. The zero-order chi connectivity index (χ0) is 15.9. The first-order valence-electron chi connectivity index (χ1n) is 7.80. The molecular weight excluding hydrogens is 282 g/mol. The first-order chi connectivity index (χ1) is 10.4. The predicted octanol–water partition coefficient (Wildman–Crippen LogP) is 0.947. The van der Waals surface area contributed by atoms with E-state index < -0.39 is 11.6 Å². The van der Waals surface area contributed by atoms with Gasteiger partial charge in [0.25, 0.3) is 0 Å². The maximum absolute atomic E-state index is 11.5. The number of hydrogen-bond acceptors (Lipinski definition) is 5.